The first-order chi connectivity index (χ1) is 9.74. The maximum absolute atomic E-state index is 5.11. The lowest BCUT2D eigenvalue weighted by atomic mass is 10.2. The van der Waals surface area contributed by atoms with E-state index in [4.69, 9.17) is 4.74 Å². The van der Waals surface area contributed by atoms with Crippen molar-refractivity contribution in [3.63, 3.8) is 0 Å². The van der Waals surface area contributed by atoms with Crippen LogP contribution in [0, 0.1) is 0 Å². The second kappa shape index (κ2) is 5.75. The number of nitrogens with zero attached hydrogens (tertiary/aromatic N) is 3. The van der Waals surface area contributed by atoms with Gasteiger partial charge in [0.25, 0.3) is 0 Å². The monoisotopic (exact) mass is 334 g/mol. The molecule has 0 saturated heterocycles. The van der Waals surface area contributed by atoms with Crippen molar-refractivity contribution in [3.05, 3.63) is 40.4 Å². The predicted molar refractivity (Wildman–Crippen MR) is 79.8 cm³/mol. The largest absolute Gasteiger partial charge is 0.481 e. The van der Waals surface area contributed by atoms with Crippen molar-refractivity contribution in [1.29, 1.82) is 0 Å². The summed E-state index contributed by atoms with van der Waals surface area (Å²) in [5, 5.41) is 3.31. The summed E-state index contributed by atoms with van der Waals surface area (Å²) in [7, 11) is 1.61. The average molecular weight is 335 g/mol. The predicted octanol–water partition coefficient (Wildman–Crippen LogP) is 3.13. The Hall–Kier alpha value is -1.69. The number of methoxy groups -OCH3 is 1. The summed E-state index contributed by atoms with van der Waals surface area (Å²) in [4.78, 5) is 13.1. The van der Waals surface area contributed by atoms with Crippen LogP contribution in [0.1, 0.15) is 30.1 Å². The van der Waals surface area contributed by atoms with Crippen LogP contribution in [0.2, 0.25) is 0 Å². The molecule has 0 aromatic carbocycles. The Morgan fingerprint density at radius 3 is 2.95 bits per heavy atom. The van der Waals surface area contributed by atoms with E-state index in [1.54, 1.807) is 13.3 Å². The minimum absolute atomic E-state index is 0.536. The van der Waals surface area contributed by atoms with Gasteiger partial charge < -0.3 is 10.1 Å². The Balaban J connectivity index is 1.71. The van der Waals surface area contributed by atoms with E-state index in [-0.39, 0.29) is 0 Å². The number of anilines is 1. The number of halogens is 1. The van der Waals surface area contributed by atoms with Gasteiger partial charge in [-0.3, -0.25) is 0 Å². The Bertz CT molecular complexity index is 616. The summed E-state index contributed by atoms with van der Waals surface area (Å²) >= 11 is 3.44. The molecule has 1 N–H and O–H groups in total. The van der Waals surface area contributed by atoms with Crippen LogP contribution in [-0.2, 0) is 6.54 Å². The van der Waals surface area contributed by atoms with E-state index in [1.807, 2.05) is 18.2 Å². The van der Waals surface area contributed by atoms with E-state index < -0.39 is 0 Å². The molecule has 0 unspecified atom stereocenters. The van der Waals surface area contributed by atoms with E-state index in [2.05, 4.69) is 36.2 Å². The molecule has 1 saturated carbocycles. The van der Waals surface area contributed by atoms with Crippen molar-refractivity contribution in [1.82, 2.24) is 15.0 Å². The summed E-state index contributed by atoms with van der Waals surface area (Å²) in [5.74, 6) is 2.92. The normalized spacial score (nSPS) is 14.1. The average Bonchev–Trinajstić information content (AvgIpc) is 3.29. The van der Waals surface area contributed by atoms with Crippen molar-refractivity contribution in [2.45, 2.75) is 25.3 Å². The van der Waals surface area contributed by atoms with Crippen molar-refractivity contribution in [2.75, 3.05) is 12.4 Å². The zero-order chi connectivity index (χ0) is 13.9. The number of nitrogens with one attached hydrogen (secondary N) is 1. The van der Waals surface area contributed by atoms with Gasteiger partial charge >= 0.3 is 0 Å². The zero-order valence-electron chi connectivity index (χ0n) is 11.1. The highest BCUT2D eigenvalue weighted by Crippen LogP contribution is 2.38. The molecule has 20 heavy (non-hydrogen) atoms. The highest BCUT2D eigenvalue weighted by molar-refractivity contribution is 9.10. The number of hydrogen-bond donors (Lipinski definition) is 1. The number of ether oxygens (including phenoxy) is 1. The third kappa shape index (κ3) is 3.25. The molecule has 104 valence electrons. The van der Waals surface area contributed by atoms with E-state index >= 15 is 0 Å². The number of hydrogen-bond acceptors (Lipinski definition) is 5. The molecule has 0 bridgehead atoms. The first kappa shape index (κ1) is 13.3. The van der Waals surface area contributed by atoms with Gasteiger partial charge in [0.05, 0.1) is 7.11 Å². The van der Waals surface area contributed by atoms with Crippen LogP contribution in [0.25, 0.3) is 0 Å². The molecule has 1 aliphatic rings. The van der Waals surface area contributed by atoms with Gasteiger partial charge in [-0.25, -0.2) is 15.0 Å². The molecule has 0 amide bonds. The summed E-state index contributed by atoms with van der Waals surface area (Å²) in [5.41, 5.74) is 1.10. The van der Waals surface area contributed by atoms with Crippen LogP contribution in [-0.4, -0.2) is 22.1 Å². The van der Waals surface area contributed by atoms with Gasteiger partial charge in [0.15, 0.2) is 0 Å². The van der Waals surface area contributed by atoms with Gasteiger partial charge in [-0.05, 0) is 40.4 Å². The van der Waals surface area contributed by atoms with Gasteiger partial charge in [-0.1, -0.05) is 0 Å². The van der Waals surface area contributed by atoms with Crippen LogP contribution < -0.4 is 10.1 Å². The standard InChI is InChI=1S/C14H15BrN4O/c1-20-13-6-9(4-5-16-13)8-17-12-7-11(15)18-14(19-12)10-2-3-10/h4-7,10H,2-3,8H2,1H3,(H,17,18,19). The van der Waals surface area contributed by atoms with Crippen LogP contribution in [0.5, 0.6) is 5.88 Å². The van der Waals surface area contributed by atoms with Crippen molar-refractivity contribution < 1.29 is 4.74 Å². The SMILES string of the molecule is COc1cc(CNc2cc(Br)nc(C3CC3)n2)ccn1. The van der Waals surface area contributed by atoms with Crippen molar-refractivity contribution >= 4 is 21.7 Å². The molecular weight excluding hydrogens is 320 g/mol. The van der Waals surface area contributed by atoms with E-state index in [1.165, 1.54) is 12.8 Å². The molecular formula is C14H15BrN4O. The second-order valence-corrected chi connectivity index (χ2v) is 5.58. The lowest BCUT2D eigenvalue weighted by Crippen LogP contribution is -2.04. The molecule has 6 heteroatoms. The fourth-order valence-electron chi connectivity index (χ4n) is 1.91. The molecule has 5 nitrogen and oxygen atoms in total. The molecule has 1 fully saturated rings. The quantitative estimate of drug-likeness (QED) is 0.851. The third-order valence-corrected chi connectivity index (χ3v) is 3.54. The smallest absolute Gasteiger partial charge is 0.213 e. The molecule has 0 atom stereocenters. The van der Waals surface area contributed by atoms with Crippen molar-refractivity contribution in [2.24, 2.45) is 0 Å². The van der Waals surface area contributed by atoms with E-state index in [9.17, 15) is 0 Å². The lowest BCUT2D eigenvalue weighted by molar-refractivity contribution is 0.397. The molecule has 0 aliphatic heterocycles. The highest BCUT2D eigenvalue weighted by Gasteiger charge is 2.27. The summed E-state index contributed by atoms with van der Waals surface area (Å²) in [6.45, 7) is 0.673. The first-order valence-electron chi connectivity index (χ1n) is 6.52. The second-order valence-electron chi connectivity index (χ2n) is 4.77. The third-order valence-electron chi connectivity index (χ3n) is 3.14. The van der Waals surface area contributed by atoms with Crippen LogP contribution in [0.4, 0.5) is 5.82 Å². The van der Waals surface area contributed by atoms with E-state index in [0.717, 1.165) is 21.8 Å². The van der Waals surface area contributed by atoms with Gasteiger partial charge in [0.1, 0.15) is 16.2 Å². The van der Waals surface area contributed by atoms with Gasteiger partial charge in [-0.2, -0.15) is 0 Å². The summed E-state index contributed by atoms with van der Waals surface area (Å²) in [6.07, 6.45) is 4.12. The first-order valence-corrected chi connectivity index (χ1v) is 7.31. The Morgan fingerprint density at radius 2 is 2.20 bits per heavy atom. The van der Waals surface area contributed by atoms with Crippen molar-refractivity contribution in [3.8, 4) is 5.88 Å². The van der Waals surface area contributed by atoms with Crippen LogP contribution in [0.3, 0.4) is 0 Å². The minimum atomic E-state index is 0.536. The summed E-state index contributed by atoms with van der Waals surface area (Å²) in [6, 6.07) is 5.75. The molecule has 2 aromatic heterocycles. The van der Waals surface area contributed by atoms with Gasteiger partial charge in [0, 0.05) is 30.8 Å². The maximum Gasteiger partial charge on any atom is 0.213 e. The van der Waals surface area contributed by atoms with Crippen LogP contribution in [0.15, 0.2) is 29.0 Å². The fourth-order valence-corrected chi connectivity index (χ4v) is 2.31. The zero-order valence-corrected chi connectivity index (χ0v) is 12.7. The lowest BCUT2D eigenvalue weighted by Gasteiger charge is -2.08. The van der Waals surface area contributed by atoms with Gasteiger partial charge in [0.2, 0.25) is 5.88 Å². The number of rotatable bonds is 5. The Morgan fingerprint density at radius 1 is 1.35 bits per heavy atom. The molecule has 0 radical (unpaired) electrons. The molecule has 2 heterocycles. The summed E-state index contributed by atoms with van der Waals surface area (Å²) < 4.78 is 5.94. The minimum Gasteiger partial charge on any atom is -0.481 e. The Labute approximate surface area is 125 Å². The number of pyridine rings is 1. The molecule has 1 aliphatic carbocycles. The number of aromatic nitrogens is 3. The van der Waals surface area contributed by atoms with E-state index in [0.29, 0.717) is 18.3 Å². The molecule has 0 spiro atoms. The molecule has 3 rings (SSSR count). The fraction of sp³-hybridized carbons (Fsp3) is 0.357. The molecule has 2 aromatic rings. The Kier molecular flexibility index (Phi) is 3.82. The highest BCUT2D eigenvalue weighted by atomic mass is 79.9. The topological polar surface area (TPSA) is 59.9 Å². The van der Waals surface area contributed by atoms with Crippen LogP contribution >= 0.6 is 15.9 Å². The maximum atomic E-state index is 5.11. The van der Waals surface area contributed by atoms with Gasteiger partial charge in [-0.15, -0.1) is 0 Å².